The second kappa shape index (κ2) is 10.9. The number of phenolic OH excluding ortho intramolecular Hbond substituents is 1. The van der Waals surface area contributed by atoms with Crippen molar-refractivity contribution in [1.29, 1.82) is 0 Å². The zero-order valence-electron chi connectivity index (χ0n) is 22.6. The molecule has 3 amide bonds. The lowest BCUT2D eigenvalue weighted by molar-refractivity contribution is -0.144. The molecule has 8 heteroatoms. The van der Waals surface area contributed by atoms with Gasteiger partial charge in [0.1, 0.15) is 23.4 Å². The number of nitrogens with one attached hydrogen (secondary N) is 2. The van der Waals surface area contributed by atoms with E-state index in [1.165, 1.54) is 6.07 Å². The van der Waals surface area contributed by atoms with Crippen molar-refractivity contribution in [3.05, 3.63) is 29.8 Å². The summed E-state index contributed by atoms with van der Waals surface area (Å²) in [6.07, 6.45) is 0.433. The predicted molar refractivity (Wildman–Crippen MR) is 136 cm³/mol. The van der Waals surface area contributed by atoms with Gasteiger partial charge in [0, 0.05) is 17.1 Å². The Kier molecular flexibility index (Phi) is 8.84. The maximum absolute atomic E-state index is 14.1. The number of para-hydroxylation sites is 1. The standard InChI is InChI=1S/C27H43N3O5/c1-16(2)14-19(28-25(34)35-27(7,8)9)24(33)30(20-15-17(20)3)22(23(32)29-26(4,5)6)18-12-10-11-13-21(18)31/h10-13,16-17,19-20,22,31H,14-15H2,1-9H3,(H,28,34)(H,29,32). The van der Waals surface area contributed by atoms with Crippen molar-refractivity contribution in [3.63, 3.8) is 0 Å². The minimum atomic E-state index is -1.05. The Morgan fingerprint density at radius 2 is 1.69 bits per heavy atom. The van der Waals surface area contributed by atoms with E-state index < -0.39 is 29.3 Å². The maximum atomic E-state index is 14.1. The summed E-state index contributed by atoms with van der Waals surface area (Å²) in [5.41, 5.74) is -0.914. The SMILES string of the molecule is CC(C)CC(NC(=O)OC(C)(C)C)C(=O)N(C(C(=O)NC(C)(C)C)c1ccccc1O)C1CC1C. The molecule has 3 N–H and O–H groups in total. The molecule has 196 valence electrons. The van der Waals surface area contributed by atoms with E-state index in [1.807, 2.05) is 41.5 Å². The molecule has 0 saturated heterocycles. The fraction of sp³-hybridized carbons (Fsp3) is 0.667. The number of ether oxygens (including phenoxy) is 1. The molecule has 4 atom stereocenters. The molecule has 0 aromatic heterocycles. The number of benzene rings is 1. The highest BCUT2D eigenvalue weighted by Gasteiger charge is 2.49. The van der Waals surface area contributed by atoms with Crippen molar-refractivity contribution in [1.82, 2.24) is 15.5 Å². The van der Waals surface area contributed by atoms with Gasteiger partial charge in [-0.3, -0.25) is 9.59 Å². The summed E-state index contributed by atoms with van der Waals surface area (Å²) in [4.78, 5) is 41.9. The lowest BCUT2D eigenvalue weighted by atomic mass is 9.97. The summed E-state index contributed by atoms with van der Waals surface area (Å²) in [5, 5.41) is 16.4. The van der Waals surface area contributed by atoms with Gasteiger partial charge in [0.25, 0.3) is 0 Å². The van der Waals surface area contributed by atoms with E-state index in [9.17, 15) is 19.5 Å². The van der Waals surface area contributed by atoms with Crippen LogP contribution in [0.5, 0.6) is 5.75 Å². The first-order valence-corrected chi connectivity index (χ1v) is 12.4. The molecule has 1 aromatic carbocycles. The quantitative estimate of drug-likeness (QED) is 0.497. The third-order valence-corrected chi connectivity index (χ3v) is 5.63. The van der Waals surface area contributed by atoms with Gasteiger partial charge in [-0.05, 0) is 72.3 Å². The van der Waals surface area contributed by atoms with E-state index in [2.05, 4.69) is 10.6 Å². The highest BCUT2D eigenvalue weighted by molar-refractivity contribution is 5.93. The molecule has 1 aliphatic carbocycles. The molecule has 0 aliphatic heterocycles. The molecule has 0 spiro atoms. The Morgan fingerprint density at radius 1 is 1.11 bits per heavy atom. The molecular weight excluding hydrogens is 446 g/mol. The Morgan fingerprint density at radius 3 is 2.14 bits per heavy atom. The largest absolute Gasteiger partial charge is 0.508 e. The van der Waals surface area contributed by atoms with Crippen LogP contribution >= 0.6 is 0 Å². The zero-order valence-corrected chi connectivity index (χ0v) is 22.6. The van der Waals surface area contributed by atoms with Crippen LogP contribution < -0.4 is 10.6 Å². The van der Waals surface area contributed by atoms with Crippen molar-refractivity contribution in [3.8, 4) is 5.75 Å². The number of hydrogen-bond acceptors (Lipinski definition) is 5. The summed E-state index contributed by atoms with van der Waals surface area (Å²) in [5.74, 6) is -0.517. The molecule has 1 aromatic rings. The van der Waals surface area contributed by atoms with Gasteiger partial charge < -0.3 is 25.4 Å². The normalized spacial score (nSPS) is 19.5. The van der Waals surface area contributed by atoms with Crippen LogP contribution in [0.4, 0.5) is 4.79 Å². The monoisotopic (exact) mass is 489 g/mol. The van der Waals surface area contributed by atoms with Crippen LogP contribution in [0.2, 0.25) is 0 Å². The second-order valence-corrected chi connectivity index (χ2v) is 12.1. The summed E-state index contributed by atoms with van der Waals surface area (Å²) in [7, 11) is 0. The number of amides is 3. The van der Waals surface area contributed by atoms with Crippen LogP contribution in [0, 0.1) is 11.8 Å². The smallest absolute Gasteiger partial charge is 0.408 e. The molecular formula is C27H43N3O5. The molecule has 0 bridgehead atoms. The minimum Gasteiger partial charge on any atom is -0.508 e. The van der Waals surface area contributed by atoms with Crippen LogP contribution in [0.15, 0.2) is 24.3 Å². The first-order valence-electron chi connectivity index (χ1n) is 12.4. The summed E-state index contributed by atoms with van der Waals surface area (Å²) in [6, 6.07) is 4.46. The van der Waals surface area contributed by atoms with Crippen molar-refractivity contribution in [2.75, 3.05) is 0 Å². The Balaban J connectivity index is 2.52. The summed E-state index contributed by atoms with van der Waals surface area (Å²) >= 11 is 0. The van der Waals surface area contributed by atoms with E-state index >= 15 is 0 Å². The van der Waals surface area contributed by atoms with Gasteiger partial charge >= 0.3 is 6.09 Å². The molecule has 2 rings (SSSR count). The number of nitrogens with zero attached hydrogens (tertiary/aromatic N) is 1. The van der Waals surface area contributed by atoms with Gasteiger partial charge in [0.05, 0.1) is 0 Å². The van der Waals surface area contributed by atoms with Crippen LogP contribution in [-0.2, 0) is 14.3 Å². The molecule has 4 unspecified atom stereocenters. The van der Waals surface area contributed by atoms with Crippen molar-refractivity contribution < 1.29 is 24.2 Å². The average molecular weight is 490 g/mol. The first kappa shape index (κ1) is 28.5. The van der Waals surface area contributed by atoms with E-state index in [1.54, 1.807) is 43.9 Å². The second-order valence-electron chi connectivity index (χ2n) is 12.1. The first-order chi connectivity index (χ1) is 16.0. The highest BCUT2D eigenvalue weighted by atomic mass is 16.6. The number of aromatic hydroxyl groups is 1. The van der Waals surface area contributed by atoms with Gasteiger partial charge in [-0.15, -0.1) is 0 Å². The zero-order chi connectivity index (χ0) is 26.7. The van der Waals surface area contributed by atoms with Gasteiger partial charge in [-0.25, -0.2) is 4.79 Å². The fourth-order valence-electron chi connectivity index (χ4n) is 4.07. The third-order valence-electron chi connectivity index (χ3n) is 5.63. The van der Waals surface area contributed by atoms with Crippen LogP contribution in [-0.4, -0.2) is 51.1 Å². The van der Waals surface area contributed by atoms with Crippen molar-refractivity contribution in [2.45, 2.75) is 104 Å². The third kappa shape index (κ3) is 8.44. The molecule has 35 heavy (non-hydrogen) atoms. The summed E-state index contributed by atoms with van der Waals surface area (Å²) < 4.78 is 5.41. The fourth-order valence-corrected chi connectivity index (χ4v) is 4.07. The number of carbonyl (C=O) groups excluding carboxylic acids is 3. The van der Waals surface area contributed by atoms with E-state index in [-0.39, 0.29) is 35.4 Å². The van der Waals surface area contributed by atoms with Gasteiger partial charge in [-0.2, -0.15) is 0 Å². The molecule has 8 nitrogen and oxygen atoms in total. The number of carbonyl (C=O) groups is 3. The maximum Gasteiger partial charge on any atom is 0.408 e. The molecule has 1 saturated carbocycles. The number of phenols is 1. The number of alkyl carbamates (subject to hydrolysis) is 1. The van der Waals surface area contributed by atoms with Crippen molar-refractivity contribution >= 4 is 17.9 Å². The number of rotatable bonds is 8. The van der Waals surface area contributed by atoms with Crippen LogP contribution in [0.25, 0.3) is 0 Å². The average Bonchev–Trinajstić information content (AvgIpc) is 3.38. The summed E-state index contributed by atoms with van der Waals surface area (Å²) in [6.45, 7) is 16.8. The van der Waals surface area contributed by atoms with Gasteiger partial charge in [0.2, 0.25) is 11.8 Å². The topological polar surface area (TPSA) is 108 Å². The molecule has 0 heterocycles. The van der Waals surface area contributed by atoms with Crippen LogP contribution in [0.3, 0.4) is 0 Å². The number of hydrogen-bond donors (Lipinski definition) is 3. The van der Waals surface area contributed by atoms with E-state index in [0.717, 1.165) is 6.42 Å². The Hall–Kier alpha value is -2.77. The Labute approximate surface area is 209 Å². The van der Waals surface area contributed by atoms with E-state index in [4.69, 9.17) is 4.74 Å². The molecule has 1 aliphatic rings. The van der Waals surface area contributed by atoms with Gasteiger partial charge in [0.15, 0.2) is 0 Å². The lowest BCUT2D eigenvalue weighted by Crippen LogP contribution is -2.55. The minimum absolute atomic E-state index is 0.0619. The van der Waals surface area contributed by atoms with E-state index in [0.29, 0.717) is 12.0 Å². The molecule has 1 fully saturated rings. The van der Waals surface area contributed by atoms with Crippen LogP contribution in [0.1, 0.15) is 86.8 Å². The van der Waals surface area contributed by atoms with Crippen molar-refractivity contribution in [2.24, 2.45) is 11.8 Å². The predicted octanol–water partition coefficient (Wildman–Crippen LogP) is 4.52. The lowest BCUT2D eigenvalue weighted by Gasteiger charge is -2.37. The van der Waals surface area contributed by atoms with Gasteiger partial charge in [-0.1, -0.05) is 39.0 Å². The Bertz CT molecular complexity index is 916. The molecule has 0 radical (unpaired) electrons. The highest BCUT2D eigenvalue weighted by Crippen LogP contribution is 2.42.